The lowest BCUT2D eigenvalue weighted by Gasteiger charge is -2.36. The molecule has 0 saturated carbocycles. The fourth-order valence-corrected chi connectivity index (χ4v) is 5.15. The molecule has 3 heterocycles. The molecule has 1 saturated heterocycles. The Kier molecular flexibility index (Phi) is 8.53. The van der Waals surface area contributed by atoms with E-state index in [0.29, 0.717) is 48.3 Å². The minimum Gasteiger partial charge on any atom is -0.502 e. The van der Waals surface area contributed by atoms with Crippen LogP contribution in [0.15, 0.2) is 51.7 Å². The number of aromatic hydroxyl groups is 1. The number of piperazine rings is 1. The number of hydrogen-bond donors (Lipinski definition) is 1. The maximum Gasteiger partial charge on any atom is 0.306 e. The molecule has 2 aliphatic heterocycles. The van der Waals surface area contributed by atoms with Gasteiger partial charge >= 0.3 is 5.97 Å². The van der Waals surface area contributed by atoms with Crippen molar-refractivity contribution in [3.05, 3.63) is 69.8 Å². The smallest absolute Gasteiger partial charge is 0.306 e. The third kappa shape index (κ3) is 6.19. The molecule has 0 spiro atoms. The molecule has 218 valence electrons. The van der Waals surface area contributed by atoms with Crippen LogP contribution in [0, 0.1) is 0 Å². The molecular formula is C30H34N2O9. The zero-order chi connectivity index (χ0) is 28.9. The molecule has 1 N–H and O–H groups in total. The van der Waals surface area contributed by atoms with Gasteiger partial charge in [-0.1, -0.05) is 0 Å². The summed E-state index contributed by atoms with van der Waals surface area (Å²) in [6.45, 7) is 4.18. The molecule has 11 heteroatoms. The van der Waals surface area contributed by atoms with Crippen molar-refractivity contribution in [2.45, 2.75) is 18.9 Å². The molecule has 5 rings (SSSR count). The summed E-state index contributed by atoms with van der Waals surface area (Å²) in [4.78, 5) is 29.8. The van der Waals surface area contributed by atoms with Crippen molar-refractivity contribution < 1.29 is 38.0 Å². The summed E-state index contributed by atoms with van der Waals surface area (Å²) in [7, 11) is 4.42. The maximum absolute atomic E-state index is 12.9. The second kappa shape index (κ2) is 12.4. The lowest BCUT2D eigenvalue weighted by molar-refractivity contribution is -0.140. The Balaban J connectivity index is 1.40. The van der Waals surface area contributed by atoms with Crippen molar-refractivity contribution in [3.8, 4) is 28.7 Å². The summed E-state index contributed by atoms with van der Waals surface area (Å²) >= 11 is 0. The molecule has 0 aliphatic carbocycles. The number of anilines is 1. The normalized spacial score (nSPS) is 15.7. The van der Waals surface area contributed by atoms with Gasteiger partial charge in [-0.3, -0.25) is 14.5 Å². The van der Waals surface area contributed by atoms with Crippen molar-refractivity contribution in [2.75, 3.05) is 65.6 Å². The Hall–Kier alpha value is -4.38. The van der Waals surface area contributed by atoms with E-state index in [9.17, 15) is 14.7 Å². The topological polar surface area (TPSA) is 120 Å². The van der Waals surface area contributed by atoms with Crippen LogP contribution in [0.3, 0.4) is 0 Å². The Bertz CT molecular complexity index is 1410. The van der Waals surface area contributed by atoms with Crippen LogP contribution in [0.4, 0.5) is 5.69 Å². The molecular weight excluding hydrogens is 532 g/mol. The molecule has 1 aromatic heterocycles. The number of methoxy groups -OCH3 is 3. The van der Waals surface area contributed by atoms with Crippen molar-refractivity contribution in [3.63, 3.8) is 0 Å². The van der Waals surface area contributed by atoms with E-state index in [4.69, 9.17) is 28.1 Å². The average molecular weight is 567 g/mol. The van der Waals surface area contributed by atoms with Crippen LogP contribution in [0.25, 0.3) is 0 Å². The standard InChI is InChI=1S/C30H34N2O9/c1-36-21-6-4-20(5-7-21)32-10-8-31(9-11-32)18-22-16-24(33)28(35)29(41-22)23(17-27(34)38-3)19-14-25(37-2)30-26(15-19)39-12-13-40-30/h4-7,14-16,23,35H,8-13,17-18H2,1-3H3/t23-/m1/s1. The van der Waals surface area contributed by atoms with Gasteiger partial charge in [0.05, 0.1) is 40.2 Å². The highest BCUT2D eigenvalue weighted by Crippen LogP contribution is 2.44. The number of esters is 1. The van der Waals surface area contributed by atoms with Crippen molar-refractivity contribution in [2.24, 2.45) is 0 Å². The summed E-state index contributed by atoms with van der Waals surface area (Å²) in [6, 6.07) is 12.6. The molecule has 2 aliphatic rings. The van der Waals surface area contributed by atoms with Crippen LogP contribution in [0.2, 0.25) is 0 Å². The number of hydrogen-bond acceptors (Lipinski definition) is 11. The van der Waals surface area contributed by atoms with Gasteiger partial charge in [0.2, 0.25) is 16.9 Å². The second-order valence-electron chi connectivity index (χ2n) is 9.83. The predicted octanol–water partition coefficient (Wildman–Crippen LogP) is 3.15. The maximum atomic E-state index is 12.9. The first-order valence-corrected chi connectivity index (χ1v) is 13.4. The number of carbonyl (C=O) groups excluding carboxylic acids is 1. The Morgan fingerprint density at radius 2 is 1.71 bits per heavy atom. The fourth-order valence-electron chi connectivity index (χ4n) is 5.15. The molecule has 0 radical (unpaired) electrons. The monoisotopic (exact) mass is 566 g/mol. The zero-order valence-corrected chi connectivity index (χ0v) is 23.4. The summed E-state index contributed by atoms with van der Waals surface area (Å²) < 4.78 is 33.3. The third-order valence-corrected chi connectivity index (χ3v) is 7.36. The van der Waals surface area contributed by atoms with Gasteiger partial charge in [-0.2, -0.15) is 0 Å². The molecule has 1 atom stereocenters. The van der Waals surface area contributed by atoms with Gasteiger partial charge < -0.3 is 38.1 Å². The lowest BCUT2D eigenvalue weighted by Crippen LogP contribution is -2.46. The summed E-state index contributed by atoms with van der Waals surface area (Å²) in [5.74, 6) is 0.540. The SMILES string of the molecule is COC(=O)C[C@H](c1cc(OC)c2c(c1)OCCO2)c1oc(CN2CCN(c3ccc(OC)cc3)CC2)cc(=O)c1O. The third-order valence-electron chi connectivity index (χ3n) is 7.36. The molecule has 1 fully saturated rings. The minimum absolute atomic E-state index is 0.0199. The first-order chi connectivity index (χ1) is 19.9. The number of fused-ring (bicyclic) bond motifs is 1. The highest BCUT2D eigenvalue weighted by molar-refractivity contribution is 5.71. The Morgan fingerprint density at radius 3 is 2.39 bits per heavy atom. The summed E-state index contributed by atoms with van der Waals surface area (Å²) in [6.07, 6.45) is -0.181. The zero-order valence-electron chi connectivity index (χ0n) is 23.4. The highest BCUT2D eigenvalue weighted by Gasteiger charge is 2.30. The number of carbonyl (C=O) groups is 1. The van der Waals surface area contributed by atoms with Crippen LogP contribution in [-0.2, 0) is 16.1 Å². The Labute approximate surface area is 237 Å². The van der Waals surface area contributed by atoms with Gasteiger partial charge in [-0.05, 0) is 42.0 Å². The van der Waals surface area contributed by atoms with Gasteiger partial charge in [-0.15, -0.1) is 0 Å². The second-order valence-corrected chi connectivity index (χ2v) is 9.83. The van der Waals surface area contributed by atoms with Gasteiger partial charge in [-0.25, -0.2) is 0 Å². The van der Waals surface area contributed by atoms with Crippen LogP contribution in [0.5, 0.6) is 28.7 Å². The van der Waals surface area contributed by atoms with Gasteiger partial charge in [0.15, 0.2) is 17.3 Å². The van der Waals surface area contributed by atoms with E-state index < -0.39 is 23.1 Å². The van der Waals surface area contributed by atoms with Gasteiger partial charge in [0.25, 0.3) is 0 Å². The van der Waals surface area contributed by atoms with E-state index >= 15 is 0 Å². The van der Waals surface area contributed by atoms with Crippen molar-refractivity contribution in [1.82, 2.24) is 4.90 Å². The van der Waals surface area contributed by atoms with Crippen LogP contribution < -0.4 is 29.3 Å². The first-order valence-electron chi connectivity index (χ1n) is 13.4. The average Bonchev–Trinajstić information content (AvgIpc) is 3.01. The molecule has 0 bridgehead atoms. The molecule has 0 amide bonds. The largest absolute Gasteiger partial charge is 0.502 e. The van der Waals surface area contributed by atoms with Crippen molar-refractivity contribution >= 4 is 11.7 Å². The summed E-state index contributed by atoms with van der Waals surface area (Å²) in [5, 5.41) is 10.8. The van der Waals surface area contributed by atoms with E-state index in [1.54, 1.807) is 19.2 Å². The first kappa shape index (κ1) is 28.2. The highest BCUT2D eigenvalue weighted by atomic mass is 16.6. The lowest BCUT2D eigenvalue weighted by atomic mass is 9.91. The number of ether oxygens (including phenoxy) is 5. The van der Waals surface area contributed by atoms with E-state index in [1.807, 2.05) is 24.3 Å². The fraction of sp³-hybridized carbons (Fsp3) is 0.400. The molecule has 2 aromatic carbocycles. The summed E-state index contributed by atoms with van der Waals surface area (Å²) in [5.41, 5.74) is 1.07. The quantitative estimate of drug-likeness (QED) is 0.385. The number of nitrogens with zero attached hydrogens (tertiary/aromatic N) is 2. The van der Waals surface area contributed by atoms with Crippen LogP contribution in [-0.4, -0.2) is 76.7 Å². The van der Waals surface area contributed by atoms with E-state index in [1.165, 1.54) is 20.3 Å². The number of rotatable bonds is 9. The molecule has 0 unspecified atom stereocenters. The predicted molar refractivity (Wildman–Crippen MR) is 150 cm³/mol. The molecule has 41 heavy (non-hydrogen) atoms. The van der Waals surface area contributed by atoms with E-state index in [0.717, 1.165) is 37.6 Å². The van der Waals surface area contributed by atoms with E-state index in [-0.39, 0.29) is 12.2 Å². The van der Waals surface area contributed by atoms with Gasteiger partial charge in [0.1, 0.15) is 24.7 Å². The Morgan fingerprint density at radius 1 is 0.976 bits per heavy atom. The molecule has 3 aromatic rings. The molecule has 11 nitrogen and oxygen atoms in total. The van der Waals surface area contributed by atoms with E-state index in [2.05, 4.69) is 9.80 Å². The van der Waals surface area contributed by atoms with Crippen LogP contribution >= 0.6 is 0 Å². The van der Waals surface area contributed by atoms with Gasteiger partial charge in [0, 0.05) is 37.9 Å². The van der Waals surface area contributed by atoms with Crippen LogP contribution in [0.1, 0.15) is 29.4 Å². The number of benzene rings is 2. The minimum atomic E-state index is -0.841. The van der Waals surface area contributed by atoms with Crippen molar-refractivity contribution in [1.29, 1.82) is 0 Å².